The van der Waals surface area contributed by atoms with Gasteiger partial charge in [0, 0.05) is 22.8 Å². The third-order valence-corrected chi connectivity index (χ3v) is 3.77. The molecule has 94 valence electrons. The molecule has 2 aromatic rings. The highest BCUT2D eigenvalue weighted by Gasteiger charge is 2.14. The van der Waals surface area contributed by atoms with Crippen LogP contribution in [0.3, 0.4) is 0 Å². The van der Waals surface area contributed by atoms with Gasteiger partial charge in [0.1, 0.15) is 5.75 Å². The lowest BCUT2D eigenvalue weighted by Crippen LogP contribution is -1.99. The first-order valence-corrected chi connectivity index (χ1v) is 6.81. The van der Waals surface area contributed by atoms with Crippen molar-refractivity contribution < 1.29 is 4.74 Å². The van der Waals surface area contributed by atoms with Crippen LogP contribution in [0.25, 0.3) is 0 Å². The number of ether oxygens (including phenoxy) is 1. The number of hydrogen-bond donors (Lipinski definition) is 0. The molecule has 1 heterocycles. The molecule has 2 nitrogen and oxygen atoms in total. The zero-order valence-electron chi connectivity index (χ0n) is 9.94. The highest BCUT2D eigenvalue weighted by Crippen LogP contribution is 2.33. The monoisotopic (exact) mass is 325 g/mol. The van der Waals surface area contributed by atoms with Crippen LogP contribution in [0.1, 0.15) is 16.6 Å². The summed E-state index contributed by atoms with van der Waals surface area (Å²) >= 11 is 9.96. The largest absolute Gasteiger partial charge is 0.497 e. The quantitative estimate of drug-likeness (QED) is 0.778. The Bertz CT molecular complexity index is 518. The second-order valence-electron chi connectivity index (χ2n) is 3.88. The zero-order valence-corrected chi connectivity index (χ0v) is 12.3. The number of nitrogens with zero attached hydrogens (tertiary/aromatic N) is 1. The predicted octanol–water partition coefficient (Wildman–Crippen LogP) is 4.38. The van der Waals surface area contributed by atoms with E-state index in [2.05, 4.69) is 20.9 Å². The zero-order chi connectivity index (χ0) is 13.0. The molecule has 0 bridgehead atoms. The van der Waals surface area contributed by atoms with Gasteiger partial charge in [0.05, 0.1) is 12.5 Å². The van der Waals surface area contributed by atoms with Gasteiger partial charge in [-0.05, 0) is 35.9 Å². The molecule has 4 heteroatoms. The van der Waals surface area contributed by atoms with Gasteiger partial charge in [-0.1, -0.05) is 22.0 Å². The Morgan fingerprint density at radius 2 is 2.17 bits per heavy atom. The molecule has 2 rings (SSSR count). The van der Waals surface area contributed by atoms with E-state index in [1.807, 2.05) is 36.4 Å². The number of pyridine rings is 1. The van der Waals surface area contributed by atoms with Gasteiger partial charge in [-0.15, -0.1) is 11.6 Å². The smallest absolute Gasteiger partial charge is 0.119 e. The predicted molar refractivity (Wildman–Crippen MR) is 77.2 cm³/mol. The van der Waals surface area contributed by atoms with Crippen LogP contribution in [0.15, 0.2) is 47.1 Å². The van der Waals surface area contributed by atoms with E-state index in [0.717, 1.165) is 21.5 Å². The van der Waals surface area contributed by atoms with E-state index in [-0.39, 0.29) is 5.38 Å². The summed E-state index contributed by atoms with van der Waals surface area (Å²) in [5.74, 6) is 0.805. The van der Waals surface area contributed by atoms with Crippen molar-refractivity contribution in [1.82, 2.24) is 4.98 Å². The van der Waals surface area contributed by atoms with E-state index in [1.165, 1.54) is 0 Å². The summed E-state index contributed by atoms with van der Waals surface area (Å²) in [7, 11) is 1.65. The standard InChI is InChI=1S/C14H13BrClNO/c1-18-11-5-6-13(15)12(9-11)14(16)8-10-4-2-3-7-17-10/h2-7,9,14H,8H2,1H3. The first kappa shape index (κ1) is 13.4. The molecule has 1 aromatic heterocycles. The molecule has 0 spiro atoms. The van der Waals surface area contributed by atoms with Crippen LogP contribution >= 0.6 is 27.5 Å². The van der Waals surface area contributed by atoms with E-state index < -0.39 is 0 Å². The van der Waals surface area contributed by atoms with Gasteiger partial charge >= 0.3 is 0 Å². The van der Waals surface area contributed by atoms with E-state index in [9.17, 15) is 0 Å². The molecule has 0 amide bonds. The molecule has 1 unspecified atom stereocenters. The molecule has 0 aliphatic carbocycles. The number of halogens is 2. The SMILES string of the molecule is COc1ccc(Br)c(C(Cl)Cc2ccccn2)c1. The fraction of sp³-hybridized carbons (Fsp3) is 0.214. The molecular weight excluding hydrogens is 314 g/mol. The summed E-state index contributed by atoms with van der Waals surface area (Å²) in [5, 5.41) is -0.135. The normalized spacial score (nSPS) is 12.2. The molecule has 0 N–H and O–H groups in total. The Morgan fingerprint density at radius 3 is 2.83 bits per heavy atom. The van der Waals surface area contributed by atoms with Crippen molar-refractivity contribution in [2.75, 3.05) is 7.11 Å². The average Bonchev–Trinajstić information content (AvgIpc) is 2.40. The number of aromatic nitrogens is 1. The molecule has 0 aliphatic rings. The Kier molecular flexibility index (Phi) is 4.61. The minimum atomic E-state index is -0.135. The summed E-state index contributed by atoms with van der Waals surface area (Å²) in [6, 6.07) is 11.6. The number of hydrogen-bond acceptors (Lipinski definition) is 2. The fourth-order valence-corrected chi connectivity index (χ4v) is 2.69. The molecule has 1 aromatic carbocycles. The van der Waals surface area contributed by atoms with Crippen LogP contribution in [0.5, 0.6) is 5.75 Å². The first-order chi connectivity index (χ1) is 8.70. The van der Waals surface area contributed by atoms with E-state index in [4.69, 9.17) is 16.3 Å². The molecule has 1 atom stereocenters. The van der Waals surface area contributed by atoms with Crippen molar-refractivity contribution in [2.45, 2.75) is 11.8 Å². The maximum Gasteiger partial charge on any atom is 0.119 e. The minimum absolute atomic E-state index is 0.135. The van der Waals surface area contributed by atoms with Crippen LogP contribution in [0, 0.1) is 0 Å². The van der Waals surface area contributed by atoms with Crippen molar-refractivity contribution in [3.8, 4) is 5.75 Å². The Morgan fingerprint density at radius 1 is 1.33 bits per heavy atom. The highest BCUT2D eigenvalue weighted by molar-refractivity contribution is 9.10. The van der Waals surface area contributed by atoms with Crippen LogP contribution in [-0.2, 0) is 6.42 Å². The molecular formula is C14H13BrClNO. The Labute approximate surface area is 120 Å². The number of alkyl halides is 1. The summed E-state index contributed by atoms with van der Waals surface area (Å²) in [6.45, 7) is 0. The Balaban J connectivity index is 2.20. The lowest BCUT2D eigenvalue weighted by atomic mass is 10.1. The summed E-state index contributed by atoms with van der Waals surface area (Å²) in [4.78, 5) is 4.29. The molecule has 0 fully saturated rings. The van der Waals surface area contributed by atoms with Gasteiger partial charge in [-0.3, -0.25) is 4.98 Å². The Hall–Kier alpha value is -1.06. The number of methoxy groups -OCH3 is 1. The third-order valence-electron chi connectivity index (χ3n) is 2.66. The lowest BCUT2D eigenvalue weighted by Gasteiger charge is -2.13. The van der Waals surface area contributed by atoms with Crippen molar-refractivity contribution in [1.29, 1.82) is 0 Å². The van der Waals surface area contributed by atoms with Crippen LogP contribution in [0.4, 0.5) is 0 Å². The van der Waals surface area contributed by atoms with E-state index in [1.54, 1.807) is 13.3 Å². The lowest BCUT2D eigenvalue weighted by molar-refractivity contribution is 0.414. The maximum absolute atomic E-state index is 6.45. The topological polar surface area (TPSA) is 22.1 Å². The average molecular weight is 327 g/mol. The minimum Gasteiger partial charge on any atom is -0.497 e. The van der Waals surface area contributed by atoms with Crippen molar-refractivity contribution in [3.63, 3.8) is 0 Å². The van der Waals surface area contributed by atoms with Crippen LogP contribution < -0.4 is 4.74 Å². The second kappa shape index (κ2) is 6.21. The van der Waals surface area contributed by atoms with Crippen LogP contribution in [-0.4, -0.2) is 12.1 Å². The molecule has 18 heavy (non-hydrogen) atoms. The maximum atomic E-state index is 6.45. The van der Waals surface area contributed by atoms with E-state index >= 15 is 0 Å². The number of benzene rings is 1. The summed E-state index contributed by atoms with van der Waals surface area (Å²) < 4.78 is 6.20. The van der Waals surface area contributed by atoms with Gasteiger partial charge in [0.2, 0.25) is 0 Å². The van der Waals surface area contributed by atoms with Crippen molar-refractivity contribution in [2.24, 2.45) is 0 Å². The fourth-order valence-electron chi connectivity index (χ4n) is 1.70. The second-order valence-corrected chi connectivity index (χ2v) is 5.26. The van der Waals surface area contributed by atoms with Crippen molar-refractivity contribution in [3.05, 3.63) is 58.3 Å². The third kappa shape index (κ3) is 3.24. The van der Waals surface area contributed by atoms with Crippen LogP contribution in [0.2, 0.25) is 0 Å². The first-order valence-electron chi connectivity index (χ1n) is 5.58. The number of rotatable bonds is 4. The van der Waals surface area contributed by atoms with Gasteiger partial charge in [0.15, 0.2) is 0 Å². The van der Waals surface area contributed by atoms with Gasteiger partial charge in [-0.2, -0.15) is 0 Å². The highest BCUT2D eigenvalue weighted by atomic mass is 79.9. The van der Waals surface area contributed by atoms with Gasteiger partial charge in [0.25, 0.3) is 0 Å². The van der Waals surface area contributed by atoms with E-state index in [0.29, 0.717) is 6.42 Å². The molecule has 0 aliphatic heterocycles. The summed E-state index contributed by atoms with van der Waals surface area (Å²) in [5.41, 5.74) is 1.99. The molecule has 0 radical (unpaired) electrons. The molecule has 0 saturated heterocycles. The van der Waals surface area contributed by atoms with Gasteiger partial charge in [-0.25, -0.2) is 0 Å². The van der Waals surface area contributed by atoms with Crippen molar-refractivity contribution >= 4 is 27.5 Å². The van der Waals surface area contributed by atoms with Gasteiger partial charge < -0.3 is 4.74 Å². The molecule has 0 saturated carbocycles. The summed E-state index contributed by atoms with van der Waals surface area (Å²) in [6.07, 6.45) is 2.47.